The summed E-state index contributed by atoms with van der Waals surface area (Å²) in [4.78, 5) is 11.3. The van der Waals surface area contributed by atoms with Crippen molar-refractivity contribution < 1.29 is 15.0 Å². The van der Waals surface area contributed by atoms with E-state index in [4.69, 9.17) is 0 Å². The number of aliphatic carboxylic acids is 1. The Morgan fingerprint density at radius 3 is 2.31 bits per heavy atom. The van der Waals surface area contributed by atoms with E-state index in [1.807, 2.05) is 13.8 Å². The van der Waals surface area contributed by atoms with E-state index >= 15 is 0 Å². The molecule has 1 aliphatic rings. The Morgan fingerprint density at radius 2 is 1.88 bits per heavy atom. The molecule has 3 atom stereocenters. The highest BCUT2D eigenvalue weighted by Gasteiger charge is 2.37. The maximum atomic E-state index is 11.3. The van der Waals surface area contributed by atoms with Gasteiger partial charge < -0.3 is 10.2 Å². The van der Waals surface area contributed by atoms with Gasteiger partial charge in [0.2, 0.25) is 0 Å². The van der Waals surface area contributed by atoms with Crippen LogP contribution in [0.4, 0.5) is 0 Å². The molecule has 2 N–H and O–H groups in total. The number of rotatable bonds is 5. The van der Waals surface area contributed by atoms with Gasteiger partial charge in [-0.25, -0.2) is 0 Å². The number of hydrogen-bond donors (Lipinski definition) is 2. The molecule has 94 valence electrons. The van der Waals surface area contributed by atoms with Crippen LogP contribution in [0.2, 0.25) is 0 Å². The normalized spacial score (nSPS) is 23.7. The average molecular weight is 228 g/mol. The summed E-state index contributed by atoms with van der Waals surface area (Å²) in [5, 5.41) is 19.4. The Bertz CT molecular complexity index is 219. The van der Waals surface area contributed by atoms with Crippen molar-refractivity contribution in [2.45, 2.75) is 58.5 Å². The molecule has 0 aromatic carbocycles. The monoisotopic (exact) mass is 228 g/mol. The standard InChI is InChI=1S/C13H24O3/c1-3-9(2)12(14)11(13(15)16)10-7-5-4-6-8-10/h9-12,14H,3-8H2,1-2H3,(H,15,16)/t9-,11-,12-/m1/s1. The fraction of sp³-hybridized carbons (Fsp3) is 0.923. The zero-order valence-corrected chi connectivity index (χ0v) is 10.4. The first-order valence-corrected chi connectivity index (χ1v) is 6.48. The second-order valence-corrected chi connectivity index (χ2v) is 5.14. The van der Waals surface area contributed by atoms with E-state index in [1.54, 1.807) is 0 Å². The Balaban J connectivity index is 2.68. The zero-order valence-electron chi connectivity index (χ0n) is 10.4. The van der Waals surface area contributed by atoms with E-state index in [-0.39, 0.29) is 11.8 Å². The van der Waals surface area contributed by atoms with Crippen LogP contribution >= 0.6 is 0 Å². The molecule has 16 heavy (non-hydrogen) atoms. The number of carboxylic acid groups (broad SMARTS) is 1. The molecule has 1 rings (SSSR count). The van der Waals surface area contributed by atoms with E-state index in [1.165, 1.54) is 6.42 Å². The molecule has 0 aliphatic heterocycles. The molecule has 1 fully saturated rings. The SMILES string of the molecule is CC[C@@H](C)[C@@H](O)[C@H](C(=O)O)C1CCCCC1. The van der Waals surface area contributed by atoms with Gasteiger partial charge in [0.15, 0.2) is 0 Å². The average Bonchev–Trinajstić information content (AvgIpc) is 2.29. The van der Waals surface area contributed by atoms with E-state index in [9.17, 15) is 15.0 Å². The van der Waals surface area contributed by atoms with Gasteiger partial charge >= 0.3 is 5.97 Å². The van der Waals surface area contributed by atoms with E-state index in [0.29, 0.717) is 0 Å². The van der Waals surface area contributed by atoms with E-state index in [0.717, 1.165) is 32.1 Å². The molecule has 0 aromatic rings. The highest BCUT2D eigenvalue weighted by molar-refractivity contribution is 5.71. The Kier molecular flexibility index (Phi) is 5.26. The molecule has 1 saturated carbocycles. The molecule has 3 nitrogen and oxygen atoms in total. The summed E-state index contributed by atoms with van der Waals surface area (Å²) in [5.74, 6) is -1.13. The van der Waals surface area contributed by atoms with E-state index < -0.39 is 18.0 Å². The summed E-state index contributed by atoms with van der Waals surface area (Å²) in [6.45, 7) is 3.93. The highest BCUT2D eigenvalue weighted by atomic mass is 16.4. The predicted molar refractivity (Wildman–Crippen MR) is 63.2 cm³/mol. The molecule has 1 aliphatic carbocycles. The molecule has 0 spiro atoms. The van der Waals surface area contributed by atoms with Gasteiger partial charge in [-0.15, -0.1) is 0 Å². The lowest BCUT2D eigenvalue weighted by molar-refractivity contribution is -0.151. The number of aliphatic hydroxyl groups is 1. The molecule has 3 heteroatoms. The summed E-state index contributed by atoms with van der Waals surface area (Å²) in [7, 11) is 0. The second-order valence-electron chi connectivity index (χ2n) is 5.14. The smallest absolute Gasteiger partial charge is 0.309 e. The third-order valence-electron chi connectivity index (χ3n) is 4.04. The third-order valence-corrected chi connectivity index (χ3v) is 4.04. The predicted octanol–water partition coefficient (Wildman–Crippen LogP) is 2.67. The Labute approximate surface area is 97.9 Å². The van der Waals surface area contributed by atoms with Crippen LogP contribution in [-0.2, 0) is 4.79 Å². The van der Waals surface area contributed by atoms with Gasteiger partial charge in [-0.1, -0.05) is 39.5 Å². The Hall–Kier alpha value is -0.570. The maximum Gasteiger partial charge on any atom is 0.309 e. The number of aliphatic hydroxyl groups excluding tert-OH is 1. The zero-order chi connectivity index (χ0) is 12.1. The summed E-state index contributed by atoms with van der Waals surface area (Å²) in [5.41, 5.74) is 0. The quantitative estimate of drug-likeness (QED) is 0.760. The Morgan fingerprint density at radius 1 is 1.31 bits per heavy atom. The summed E-state index contributed by atoms with van der Waals surface area (Å²) < 4.78 is 0. The molecule has 0 unspecified atom stereocenters. The first-order chi connectivity index (χ1) is 7.57. The molecular formula is C13H24O3. The molecule has 0 bridgehead atoms. The van der Waals surface area contributed by atoms with E-state index in [2.05, 4.69) is 0 Å². The van der Waals surface area contributed by atoms with Gasteiger partial charge in [0.05, 0.1) is 12.0 Å². The minimum absolute atomic E-state index is 0.0722. The summed E-state index contributed by atoms with van der Waals surface area (Å²) >= 11 is 0. The van der Waals surface area contributed by atoms with Crippen molar-refractivity contribution in [1.82, 2.24) is 0 Å². The number of hydrogen-bond acceptors (Lipinski definition) is 2. The lowest BCUT2D eigenvalue weighted by atomic mass is 9.74. The largest absolute Gasteiger partial charge is 0.481 e. The minimum Gasteiger partial charge on any atom is -0.481 e. The molecule has 0 aromatic heterocycles. The fourth-order valence-electron chi connectivity index (χ4n) is 2.72. The first-order valence-electron chi connectivity index (χ1n) is 6.48. The molecule has 0 saturated heterocycles. The molecule has 0 heterocycles. The van der Waals surface area contributed by atoms with Crippen LogP contribution in [-0.4, -0.2) is 22.3 Å². The van der Waals surface area contributed by atoms with Crippen LogP contribution in [0, 0.1) is 17.8 Å². The first kappa shape index (κ1) is 13.5. The van der Waals surface area contributed by atoms with Crippen molar-refractivity contribution in [2.75, 3.05) is 0 Å². The van der Waals surface area contributed by atoms with Crippen LogP contribution < -0.4 is 0 Å². The number of carboxylic acids is 1. The molecular weight excluding hydrogens is 204 g/mol. The minimum atomic E-state index is -0.820. The van der Waals surface area contributed by atoms with Crippen LogP contribution in [0.5, 0.6) is 0 Å². The van der Waals surface area contributed by atoms with Crippen molar-refractivity contribution in [3.05, 3.63) is 0 Å². The van der Waals surface area contributed by atoms with Crippen molar-refractivity contribution in [1.29, 1.82) is 0 Å². The topological polar surface area (TPSA) is 57.5 Å². The van der Waals surface area contributed by atoms with Gasteiger partial charge in [-0.05, 0) is 24.7 Å². The van der Waals surface area contributed by atoms with Gasteiger partial charge in [0.1, 0.15) is 0 Å². The van der Waals surface area contributed by atoms with Crippen molar-refractivity contribution >= 4 is 5.97 Å². The van der Waals surface area contributed by atoms with Gasteiger partial charge in [0.25, 0.3) is 0 Å². The molecule has 0 amide bonds. The van der Waals surface area contributed by atoms with Crippen molar-refractivity contribution in [3.63, 3.8) is 0 Å². The number of carbonyl (C=O) groups is 1. The van der Waals surface area contributed by atoms with Crippen LogP contribution in [0.15, 0.2) is 0 Å². The van der Waals surface area contributed by atoms with Crippen LogP contribution in [0.1, 0.15) is 52.4 Å². The lowest BCUT2D eigenvalue weighted by Gasteiger charge is -2.33. The summed E-state index contributed by atoms with van der Waals surface area (Å²) in [6.07, 6.45) is 5.50. The summed E-state index contributed by atoms with van der Waals surface area (Å²) in [6, 6.07) is 0. The van der Waals surface area contributed by atoms with Gasteiger partial charge in [0, 0.05) is 0 Å². The highest BCUT2D eigenvalue weighted by Crippen LogP contribution is 2.34. The van der Waals surface area contributed by atoms with Gasteiger partial charge in [-0.3, -0.25) is 4.79 Å². The fourth-order valence-corrected chi connectivity index (χ4v) is 2.72. The molecule has 0 radical (unpaired) electrons. The second kappa shape index (κ2) is 6.24. The van der Waals surface area contributed by atoms with Crippen LogP contribution in [0.3, 0.4) is 0 Å². The lowest BCUT2D eigenvalue weighted by Crippen LogP contribution is -2.39. The van der Waals surface area contributed by atoms with Crippen molar-refractivity contribution in [2.24, 2.45) is 17.8 Å². The van der Waals surface area contributed by atoms with Crippen molar-refractivity contribution in [3.8, 4) is 0 Å². The third kappa shape index (κ3) is 3.21. The van der Waals surface area contributed by atoms with Crippen LogP contribution in [0.25, 0.3) is 0 Å². The van der Waals surface area contributed by atoms with Gasteiger partial charge in [-0.2, -0.15) is 0 Å². The maximum absolute atomic E-state index is 11.3.